The number of carbonyl (C=O) groups excluding carboxylic acids is 6. The predicted octanol–water partition coefficient (Wildman–Crippen LogP) is 1.88. The van der Waals surface area contributed by atoms with Crippen molar-refractivity contribution in [3.05, 3.63) is 102 Å². The molecule has 290 valence electrons. The Morgan fingerprint density at radius 2 is 1.16 bits per heavy atom. The Hall–Kier alpha value is -6.78. The second kappa shape index (κ2) is 15.4. The van der Waals surface area contributed by atoms with Crippen LogP contribution in [0.3, 0.4) is 0 Å². The lowest BCUT2D eigenvalue weighted by Crippen LogP contribution is -2.48. The van der Waals surface area contributed by atoms with Crippen molar-refractivity contribution in [1.29, 1.82) is 0 Å². The molecule has 4 aromatic carbocycles. The van der Waals surface area contributed by atoms with Gasteiger partial charge in [0.25, 0.3) is 23.6 Å². The lowest BCUT2D eigenvalue weighted by Gasteiger charge is -2.32. The first-order valence-electron chi connectivity index (χ1n) is 18.8. The normalized spacial score (nSPS) is 14.7. The van der Waals surface area contributed by atoms with Crippen molar-refractivity contribution in [2.24, 2.45) is 16.5 Å². The topological polar surface area (TPSA) is 201 Å². The minimum absolute atomic E-state index is 0.0186. The molecule has 0 aliphatic carbocycles. The maximum atomic E-state index is 13.8. The number of rotatable bonds is 14. The molecule has 6 amide bonds. The van der Waals surface area contributed by atoms with Gasteiger partial charge in [-0.05, 0) is 42.8 Å². The summed E-state index contributed by atoms with van der Waals surface area (Å²) in [5.41, 5.74) is 14.7. The van der Waals surface area contributed by atoms with Crippen LogP contribution in [0.4, 0.5) is 5.69 Å². The highest BCUT2D eigenvalue weighted by molar-refractivity contribution is 6.28. The van der Waals surface area contributed by atoms with Crippen LogP contribution in [0, 0.1) is 0 Å². The van der Waals surface area contributed by atoms with Crippen molar-refractivity contribution in [2.45, 2.75) is 6.42 Å². The summed E-state index contributed by atoms with van der Waals surface area (Å²) in [7, 11) is 0. The largest absolute Gasteiger partial charge is 0.340 e. The number of nitrogens with zero attached hydrogens (tertiary/aromatic N) is 8. The summed E-state index contributed by atoms with van der Waals surface area (Å²) in [6.07, 6.45) is 7.13. The number of imide groups is 2. The Bertz CT molecular complexity index is 2450. The molecule has 8 rings (SSSR count). The molecule has 4 N–H and O–H groups in total. The molecule has 0 fully saturated rings. The van der Waals surface area contributed by atoms with Crippen LogP contribution in [0.5, 0.6) is 0 Å². The quantitative estimate of drug-likeness (QED) is 0.157. The van der Waals surface area contributed by atoms with Crippen molar-refractivity contribution in [1.82, 2.24) is 29.2 Å². The van der Waals surface area contributed by atoms with Gasteiger partial charge in [0.1, 0.15) is 0 Å². The van der Waals surface area contributed by atoms with Gasteiger partial charge < -0.3 is 30.7 Å². The van der Waals surface area contributed by atoms with Crippen molar-refractivity contribution in [2.75, 3.05) is 70.3 Å². The molecule has 5 aromatic rings. The highest BCUT2D eigenvalue weighted by atomic mass is 16.2. The molecule has 0 bridgehead atoms. The molecule has 0 unspecified atom stereocenters. The van der Waals surface area contributed by atoms with Crippen LogP contribution in [0.15, 0.2) is 84.4 Å². The molecular formula is C41H40N10O6. The molecule has 4 heterocycles. The molecule has 57 heavy (non-hydrogen) atoms. The molecule has 16 heteroatoms. The minimum atomic E-state index is -0.470. The van der Waals surface area contributed by atoms with Gasteiger partial charge in [-0.15, -0.1) is 0 Å². The number of hydrogen-bond acceptors (Lipinski definition) is 11. The molecule has 16 nitrogen and oxygen atoms in total. The van der Waals surface area contributed by atoms with Crippen LogP contribution in [-0.2, 0) is 9.59 Å². The van der Waals surface area contributed by atoms with Crippen LogP contribution in [0.1, 0.15) is 47.9 Å². The zero-order valence-electron chi connectivity index (χ0n) is 31.0. The van der Waals surface area contributed by atoms with Gasteiger partial charge in [-0.2, -0.15) is 0 Å². The molecule has 0 spiro atoms. The Kier molecular flexibility index (Phi) is 10.0. The number of benzene rings is 4. The number of hydrogen-bond donors (Lipinski definition) is 2. The maximum absolute atomic E-state index is 13.8. The third-order valence-electron chi connectivity index (χ3n) is 10.8. The van der Waals surface area contributed by atoms with Gasteiger partial charge in [0.05, 0.1) is 38.0 Å². The highest BCUT2D eigenvalue weighted by Gasteiger charge is 2.36. The van der Waals surface area contributed by atoms with E-state index in [2.05, 4.69) is 9.98 Å². The molecule has 0 atom stereocenters. The zero-order valence-corrected chi connectivity index (χ0v) is 31.0. The first-order valence-corrected chi connectivity index (χ1v) is 18.8. The summed E-state index contributed by atoms with van der Waals surface area (Å²) in [5.74, 6) is -2.63. The van der Waals surface area contributed by atoms with Crippen molar-refractivity contribution in [3.8, 4) is 5.69 Å². The monoisotopic (exact) mass is 768 g/mol. The fourth-order valence-electron chi connectivity index (χ4n) is 7.98. The summed E-state index contributed by atoms with van der Waals surface area (Å²) in [4.78, 5) is 96.7. The van der Waals surface area contributed by atoms with Crippen LogP contribution in [0.2, 0.25) is 0 Å². The average Bonchev–Trinajstić information content (AvgIpc) is 3.98. The summed E-state index contributed by atoms with van der Waals surface area (Å²) in [5, 5.41) is 2.67. The van der Waals surface area contributed by atoms with Gasteiger partial charge in [0.15, 0.2) is 0 Å². The van der Waals surface area contributed by atoms with Gasteiger partial charge in [-0.25, -0.2) is 4.98 Å². The predicted molar refractivity (Wildman–Crippen MR) is 212 cm³/mol. The van der Waals surface area contributed by atoms with Crippen LogP contribution >= 0.6 is 0 Å². The Morgan fingerprint density at radius 1 is 0.649 bits per heavy atom. The van der Waals surface area contributed by atoms with E-state index < -0.39 is 35.4 Å². The SMILES string of the molecule is NCC(=O)N(CCCN(CCN1C(=O)c2cccc3c(-n4ccnc4)ccc(c23)C1=O)C(=O)CN)CCN1C(=O)c2cccc3c(N4C=NCC4)ccc(c23)C1=O. The summed E-state index contributed by atoms with van der Waals surface area (Å²) in [6, 6.07) is 17.8. The number of imidazole rings is 1. The van der Waals surface area contributed by atoms with Crippen LogP contribution < -0.4 is 16.4 Å². The van der Waals surface area contributed by atoms with Gasteiger partial charge in [-0.1, -0.05) is 24.3 Å². The summed E-state index contributed by atoms with van der Waals surface area (Å²) >= 11 is 0. The van der Waals surface area contributed by atoms with Gasteiger partial charge >= 0.3 is 0 Å². The maximum Gasteiger partial charge on any atom is 0.261 e. The minimum Gasteiger partial charge on any atom is -0.340 e. The van der Waals surface area contributed by atoms with E-state index in [-0.39, 0.29) is 52.4 Å². The van der Waals surface area contributed by atoms with Crippen molar-refractivity contribution < 1.29 is 28.8 Å². The van der Waals surface area contributed by atoms with Crippen molar-refractivity contribution in [3.63, 3.8) is 0 Å². The number of nitrogens with two attached hydrogens (primary N) is 2. The number of carbonyl (C=O) groups is 6. The standard InChI is InChI=1S/C41H40N10O6/c42-22-34(52)46(18-20-50-38(54)28-6-1-4-26-32(48-16-12-44-24-48)10-8-30(36(26)28)40(50)56)14-3-15-47(35(53)23-43)19-21-51-39(55)29-7-2-5-27-33(49-17-13-45-25-49)11-9-31(37(27)29)41(51)57/h1-2,4-12,16,24-25H,3,13-15,17-23,42-43H2. The number of amides is 6. The first kappa shape index (κ1) is 37.2. The van der Waals surface area contributed by atoms with E-state index in [0.29, 0.717) is 52.5 Å². The second-order valence-electron chi connectivity index (χ2n) is 14.0. The van der Waals surface area contributed by atoms with Crippen LogP contribution in [0.25, 0.3) is 27.2 Å². The molecule has 0 radical (unpaired) electrons. The van der Waals surface area contributed by atoms with E-state index in [0.717, 1.165) is 31.9 Å². The lowest BCUT2D eigenvalue weighted by atomic mass is 9.92. The fourth-order valence-corrected chi connectivity index (χ4v) is 7.98. The molecule has 0 saturated carbocycles. The Balaban J connectivity index is 0.926. The van der Waals surface area contributed by atoms with E-state index in [1.54, 1.807) is 61.5 Å². The van der Waals surface area contributed by atoms with E-state index in [1.165, 1.54) is 9.80 Å². The lowest BCUT2D eigenvalue weighted by molar-refractivity contribution is -0.130. The molecule has 3 aliphatic rings. The van der Waals surface area contributed by atoms with Crippen molar-refractivity contribution >= 4 is 69.0 Å². The third-order valence-corrected chi connectivity index (χ3v) is 10.8. The summed E-state index contributed by atoms with van der Waals surface area (Å²) < 4.78 is 1.82. The van der Waals surface area contributed by atoms with E-state index in [1.807, 2.05) is 33.7 Å². The fraction of sp³-hybridized carbons (Fsp3) is 0.268. The molecule has 1 aromatic heterocycles. The summed E-state index contributed by atoms with van der Waals surface area (Å²) in [6.45, 7) is 0.984. The highest BCUT2D eigenvalue weighted by Crippen LogP contribution is 2.37. The van der Waals surface area contributed by atoms with Gasteiger partial charge in [-0.3, -0.25) is 43.6 Å². The molecule has 0 saturated heterocycles. The molecular weight excluding hydrogens is 729 g/mol. The third kappa shape index (κ3) is 6.57. The molecule has 3 aliphatic heterocycles. The number of anilines is 1. The van der Waals surface area contributed by atoms with E-state index in [4.69, 9.17) is 11.5 Å². The Labute approximate surface area is 326 Å². The smallest absolute Gasteiger partial charge is 0.261 e. The Morgan fingerprint density at radius 3 is 1.63 bits per heavy atom. The van der Waals surface area contributed by atoms with Gasteiger partial charge in [0, 0.05) is 108 Å². The van der Waals surface area contributed by atoms with E-state index >= 15 is 0 Å². The first-order chi connectivity index (χ1) is 27.7. The van der Waals surface area contributed by atoms with Crippen LogP contribution in [-0.4, -0.2) is 136 Å². The second-order valence-corrected chi connectivity index (χ2v) is 14.0. The van der Waals surface area contributed by atoms with Gasteiger partial charge in [0.2, 0.25) is 11.8 Å². The number of aromatic nitrogens is 2. The average molecular weight is 769 g/mol. The number of aliphatic imine (C=N–C) groups is 1. The van der Waals surface area contributed by atoms with E-state index in [9.17, 15) is 28.8 Å². The zero-order chi connectivity index (χ0) is 39.8.